The van der Waals surface area contributed by atoms with Crippen molar-refractivity contribution in [2.24, 2.45) is 10.2 Å². The Morgan fingerprint density at radius 1 is 0.710 bits per heavy atom. The lowest BCUT2D eigenvalue weighted by Gasteiger charge is -2.07. The van der Waals surface area contributed by atoms with Crippen LogP contribution in [-0.4, -0.2) is 52.7 Å². The van der Waals surface area contributed by atoms with E-state index in [0.29, 0.717) is 34.1 Å². The van der Waals surface area contributed by atoms with E-state index < -0.39 is 18.2 Å². The number of carbonyl (C=O) groups excluding carboxylic acids is 2. The van der Waals surface area contributed by atoms with E-state index in [-0.39, 0.29) is 0 Å². The number of nitrogens with zero attached hydrogens (tertiary/aromatic N) is 2. The third-order valence-electron chi connectivity index (χ3n) is 3.94. The van der Waals surface area contributed by atoms with Crippen LogP contribution < -0.4 is 29.8 Å². The minimum absolute atomic E-state index is 0.438. The molecule has 0 aromatic heterocycles. The van der Waals surface area contributed by atoms with Gasteiger partial charge in [0.05, 0.1) is 40.9 Å². The molecule has 164 valence electrons. The number of carbonyl (C=O) groups is 2. The van der Waals surface area contributed by atoms with Crippen LogP contribution in [-0.2, 0) is 9.59 Å². The minimum atomic E-state index is -0.587. The maximum atomic E-state index is 11.8. The lowest BCUT2D eigenvalue weighted by molar-refractivity contribution is -0.129. The molecule has 0 aliphatic carbocycles. The molecule has 2 aromatic carbocycles. The minimum Gasteiger partial charge on any atom is -0.493 e. The van der Waals surface area contributed by atoms with Gasteiger partial charge >= 0.3 is 0 Å². The summed E-state index contributed by atoms with van der Waals surface area (Å²) in [7, 11) is 6.11. The van der Waals surface area contributed by atoms with Crippen molar-refractivity contribution in [3.63, 3.8) is 0 Å². The highest BCUT2D eigenvalue weighted by atomic mass is 16.5. The number of benzene rings is 2. The van der Waals surface area contributed by atoms with Crippen molar-refractivity contribution in [2.75, 3.05) is 28.4 Å². The first-order chi connectivity index (χ1) is 15.0. The zero-order valence-electron chi connectivity index (χ0n) is 17.7. The Bertz CT molecular complexity index is 897. The van der Waals surface area contributed by atoms with Gasteiger partial charge in [-0.1, -0.05) is 0 Å². The molecule has 0 aliphatic heterocycles. The molecular weight excluding hydrogens is 404 g/mol. The maximum Gasteiger partial charge on any atom is 0.249 e. The highest BCUT2D eigenvalue weighted by Crippen LogP contribution is 2.27. The summed E-state index contributed by atoms with van der Waals surface area (Å²) in [5.74, 6) is 1.04. The van der Waals surface area contributed by atoms with E-state index in [9.17, 15) is 9.59 Å². The number of ether oxygens (including phenoxy) is 4. The van der Waals surface area contributed by atoms with E-state index in [1.165, 1.54) is 40.9 Å². The summed E-state index contributed by atoms with van der Waals surface area (Å²) < 4.78 is 20.7. The van der Waals surface area contributed by atoms with Crippen molar-refractivity contribution in [2.45, 2.75) is 6.42 Å². The van der Waals surface area contributed by atoms with Gasteiger partial charge in [-0.3, -0.25) is 9.59 Å². The molecule has 2 aromatic rings. The lowest BCUT2D eigenvalue weighted by Crippen LogP contribution is -2.27. The van der Waals surface area contributed by atoms with Crippen LogP contribution in [0.15, 0.2) is 46.6 Å². The molecule has 0 unspecified atom stereocenters. The number of hydrazone groups is 2. The summed E-state index contributed by atoms with van der Waals surface area (Å²) in [6.07, 6.45) is 2.41. The largest absolute Gasteiger partial charge is 0.493 e. The number of rotatable bonds is 10. The fourth-order valence-electron chi connectivity index (χ4n) is 2.45. The van der Waals surface area contributed by atoms with Crippen LogP contribution >= 0.6 is 0 Å². The fourth-order valence-corrected chi connectivity index (χ4v) is 2.45. The van der Waals surface area contributed by atoms with Gasteiger partial charge in [0.2, 0.25) is 11.8 Å². The van der Waals surface area contributed by atoms with Crippen molar-refractivity contribution in [3.8, 4) is 23.0 Å². The summed E-state index contributed by atoms with van der Waals surface area (Å²) >= 11 is 0. The van der Waals surface area contributed by atoms with E-state index in [0.717, 1.165) is 0 Å². The number of nitrogens with one attached hydrogen (secondary N) is 2. The molecule has 2 N–H and O–H groups in total. The zero-order valence-corrected chi connectivity index (χ0v) is 17.7. The molecule has 0 aliphatic rings. The second-order valence-corrected chi connectivity index (χ2v) is 5.99. The third-order valence-corrected chi connectivity index (χ3v) is 3.94. The van der Waals surface area contributed by atoms with Crippen LogP contribution in [0.1, 0.15) is 17.5 Å². The van der Waals surface area contributed by atoms with Gasteiger partial charge in [-0.15, -0.1) is 0 Å². The maximum absolute atomic E-state index is 11.8. The number of methoxy groups -OCH3 is 4. The average molecular weight is 428 g/mol. The predicted octanol–water partition coefficient (Wildman–Crippen LogP) is 1.71. The predicted molar refractivity (Wildman–Crippen MR) is 115 cm³/mol. The van der Waals surface area contributed by atoms with Crippen molar-refractivity contribution < 1.29 is 28.5 Å². The molecular formula is C21H24N4O6. The van der Waals surface area contributed by atoms with Crippen LogP contribution in [0.2, 0.25) is 0 Å². The Morgan fingerprint density at radius 3 is 1.45 bits per heavy atom. The van der Waals surface area contributed by atoms with Gasteiger partial charge in [0.25, 0.3) is 0 Å². The third kappa shape index (κ3) is 7.03. The Morgan fingerprint density at radius 2 is 1.10 bits per heavy atom. The molecule has 0 spiro atoms. The molecule has 31 heavy (non-hydrogen) atoms. The van der Waals surface area contributed by atoms with E-state index >= 15 is 0 Å². The van der Waals surface area contributed by atoms with Crippen LogP contribution in [0.4, 0.5) is 0 Å². The van der Waals surface area contributed by atoms with Gasteiger partial charge in [-0.25, -0.2) is 10.9 Å². The molecule has 0 fully saturated rings. The Kier molecular flexibility index (Phi) is 8.84. The number of hydrogen-bond donors (Lipinski definition) is 2. The monoisotopic (exact) mass is 428 g/mol. The SMILES string of the molecule is COc1ccc(C=NNC(=O)CC(=O)NN=Cc2ccc(OC)c(OC)c2)cc1OC. The summed E-state index contributed by atoms with van der Waals surface area (Å²) in [6.45, 7) is 0. The quantitative estimate of drug-likeness (QED) is 0.338. The fraction of sp³-hybridized carbons (Fsp3) is 0.238. The second-order valence-electron chi connectivity index (χ2n) is 5.99. The lowest BCUT2D eigenvalue weighted by atomic mass is 10.2. The molecule has 0 bridgehead atoms. The Balaban J connectivity index is 1.83. The van der Waals surface area contributed by atoms with Gasteiger partial charge in [0.15, 0.2) is 23.0 Å². The van der Waals surface area contributed by atoms with Crippen molar-refractivity contribution in [1.82, 2.24) is 10.9 Å². The van der Waals surface area contributed by atoms with E-state index in [4.69, 9.17) is 18.9 Å². The van der Waals surface area contributed by atoms with Crippen LogP contribution in [0.25, 0.3) is 0 Å². The standard InChI is InChI=1S/C21H24N4O6/c1-28-16-7-5-14(9-18(16)30-3)12-22-24-20(26)11-21(27)25-23-13-15-6-8-17(29-2)19(10-15)31-4/h5-10,12-13H,11H2,1-4H3,(H,24,26)(H,25,27). The summed E-state index contributed by atoms with van der Waals surface area (Å²) in [4.78, 5) is 23.7. The second kappa shape index (κ2) is 11.8. The van der Waals surface area contributed by atoms with Crippen LogP contribution in [0, 0.1) is 0 Å². The zero-order chi connectivity index (χ0) is 22.6. The molecule has 10 nitrogen and oxygen atoms in total. The smallest absolute Gasteiger partial charge is 0.249 e. The first-order valence-electron chi connectivity index (χ1n) is 9.08. The molecule has 2 rings (SSSR count). The Hall–Kier alpha value is -4.08. The molecule has 0 atom stereocenters. The summed E-state index contributed by atoms with van der Waals surface area (Å²) in [6, 6.07) is 10.3. The molecule has 2 amide bonds. The van der Waals surface area contributed by atoms with Crippen molar-refractivity contribution in [1.29, 1.82) is 0 Å². The highest BCUT2D eigenvalue weighted by Gasteiger charge is 2.08. The van der Waals surface area contributed by atoms with Crippen molar-refractivity contribution in [3.05, 3.63) is 47.5 Å². The van der Waals surface area contributed by atoms with Gasteiger partial charge < -0.3 is 18.9 Å². The normalized spacial score (nSPS) is 10.7. The van der Waals surface area contributed by atoms with Gasteiger partial charge in [-0.2, -0.15) is 10.2 Å². The van der Waals surface area contributed by atoms with E-state index in [2.05, 4.69) is 21.1 Å². The van der Waals surface area contributed by atoms with Crippen LogP contribution in [0.5, 0.6) is 23.0 Å². The number of amides is 2. The summed E-state index contributed by atoms with van der Waals surface area (Å²) in [5, 5.41) is 7.65. The molecule has 0 heterocycles. The molecule has 0 saturated carbocycles. The highest BCUT2D eigenvalue weighted by molar-refractivity contribution is 5.97. The van der Waals surface area contributed by atoms with E-state index in [1.807, 2.05) is 0 Å². The molecule has 10 heteroatoms. The molecule has 0 radical (unpaired) electrons. The number of hydrogen-bond acceptors (Lipinski definition) is 8. The first-order valence-corrected chi connectivity index (χ1v) is 9.08. The first kappa shape index (κ1) is 23.2. The van der Waals surface area contributed by atoms with Gasteiger partial charge in [0, 0.05) is 0 Å². The topological polar surface area (TPSA) is 120 Å². The molecule has 0 saturated heterocycles. The van der Waals surface area contributed by atoms with Crippen LogP contribution in [0.3, 0.4) is 0 Å². The Labute approximate surface area is 179 Å². The van der Waals surface area contributed by atoms with Gasteiger partial charge in [0.1, 0.15) is 6.42 Å². The average Bonchev–Trinajstić information content (AvgIpc) is 2.78. The van der Waals surface area contributed by atoms with E-state index in [1.54, 1.807) is 36.4 Å². The summed E-state index contributed by atoms with van der Waals surface area (Å²) in [5.41, 5.74) is 5.92. The van der Waals surface area contributed by atoms with Gasteiger partial charge in [-0.05, 0) is 47.5 Å². The van der Waals surface area contributed by atoms with Crippen molar-refractivity contribution >= 4 is 24.2 Å².